The number of carbonyl (C=O) groups excluding carboxylic acids is 1. The number of rotatable bonds is 6. The molecule has 2 atom stereocenters. The molecule has 1 saturated carbocycles. The van der Waals surface area contributed by atoms with Crippen molar-refractivity contribution in [2.24, 2.45) is 11.8 Å². The van der Waals surface area contributed by atoms with E-state index in [0.717, 1.165) is 24.9 Å². The summed E-state index contributed by atoms with van der Waals surface area (Å²) in [5.74, 6) is 3.15. The van der Waals surface area contributed by atoms with Crippen molar-refractivity contribution >= 4 is 11.6 Å². The van der Waals surface area contributed by atoms with E-state index in [9.17, 15) is 4.79 Å². The Balaban J connectivity index is 1.30. The van der Waals surface area contributed by atoms with Gasteiger partial charge in [0.2, 0.25) is 11.8 Å². The van der Waals surface area contributed by atoms with E-state index >= 15 is 0 Å². The summed E-state index contributed by atoms with van der Waals surface area (Å²) < 4.78 is 10.6. The van der Waals surface area contributed by atoms with E-state index < -0.39 is 0 Å². The van der Waals surface area contributed by atoms with Gasteiger partial charge in [0.15, 0.2) is 5.82 Å². The van der Waals surface area contributed by atoms with Crippen molar-refractivity contribution in [1.29, 1.82) is 0 Å². The van der Waals surface area contributed by atoms with Crippen LogP contribution in [-0.2, 0) is 17.8 Å². The SMILES string of the molecule is COc1ccccc1NC(=O)Cc1noc(CN2CC[C@H]3CCCC[C@@H]3C2)n1. The lowest BCUT2D eigenvalue weighted by Crippen LogP contribution is -2.41. The number of fused-ring (bicyclic) bond motifs is 1. The summed E-state index contributed by atoms with van der Waals surface area (Å²) >= 11 is 0. The third-order valence-corrected chi connectivity index (χ3v) is 5.94. The first-order chi connectivity index (χ1) is 13.7. The van der Waals surface area contributed by atoms with Crippen LogP contribution in [0.4, 0.5) is 5.69 Å². The van der Waals surface area contributed by atoms with Crippen molar-refractivity contribution in [3.05, 3.63) is 36.0 Å². The molecule has 1 aliphatic heterocycles. The number of likely N-dealkylation sites (tertiary alicyclic amines) is 1. The normalized spacial score (nSPS) is 22.5. The Kier molecular flexibility index (Phi) is 5.90. The highest BCUT2D eigenvalue weighted by Crippen LogP contribution is 2.36. The van der Waals surface area contributed by atoms with Gasteiger partial charge in [-0.15, -0.1) is 0 Å². The molecule has 0 bridgehead atoms. The van der Waals surface area contributed by atoms with Crippen molar-refractivity contribution < 1.29 is 14.1 Å². The van der Waals surface area contributed by atoms with Gasteiger partial charge in [0, 0.05) is 6.54 Å². The monoisotopic (exact) mass is 384 g/mol. The first-order valence-corrected chi connectivity index (χ1v) is 10.2. The highest BCUT2D eigenvalue weighted by molar-refractivity contribution is 5.93. The molecule has 0 spiro atoms. The van der Waals surface area contributed by atoms with Crippen molar-refractivity contribution in [1.82, 2.24) is 15.0 Å². The lowest BCUT2D eigenvalue weighted by Gasteiger charge is -2.40. The van der Waals surface area contributed by atoms with Crippen LogP contribution in [0.3, 0.4) is 0 Å². The Hall–Kier alpha value is -2.41. The van der Waals surface area contributed by atoms with Gasteiger partial charge in [0.1, 0.15) is 5.75 Å². The van der Waals surface area contributed by atoms with Crippen LogP contribution in [0.15, 0.2) is 28.8 Å². The van der Waals surface area contributed by atoms with E-state index in [4.69, 9.17) is 9.26 Å². The molecule has 1 saturated heterocycles. The number of anilines is 1. The molecule has 4 rings (SSSR count). The lowest BCUT2D eigenvalue weighted by molar-refractivity contribution is -0.115. The maximum atomic E-state index is 12.3. The van der Waals surface area contributed by atoms with Gasteiger partial charge in [-0.25, -0.2) is 0 Å². The summed E-state index contributed by atoms with van der Waals surface area (Å²) in [6, 6.07) is 7.31. The Morgan fingerprint density at radius 1 is 1.25 bits per heavy atom. The summed E-state index contributed by atoms with van der Waals surface area (Å²) in [5, 5.41) is 6.82. The summed E-state index contributed by atoms with van der Waals surface area (Å²) in [4.78, 5) is 19.1. The summed E-state index contributed by atoms with van der Waals surface area (Å²) in [6.45, 7) is 2.88. The van der Waals surface area contributed by atoms with E-state index in [1.165, 1.54) is 32.1 Å². The Morgan fingerprint density at radius 3 is 2.93 bits per heavy atom. The zero-order valence-corrected chi connectivity index (χ0v) is 16.4. The fourth-order valence-corrected chi connectivity index (χ4v) is 4.52. The van der Waals surface area contributed by atoms with Gasteiger partial charge in [-0.05, 0) is 43.4 Å². The second-order valence-corrected chi connectivity index (χ2v) is 7.86. The summed E-state index contributed by atoms with van der Waals surface area (Å²) in [6.07, 6.45) is 6.84. The number of piperidine rings is 1. The van der Waals surface area contributed by atoms with Crippen molar-refractivity contribution in [3.8, 4) is 5.75 Å². The largest absolute Gasteiger partial charge is 0.495 e. The highest BCUT2D eigenvalue weighted by atomic mass is 16.5. The molecule has 2 aromatic rings. The maximum absolute atomic E-state index is 12.3. The number of benzene rings is 1. The number of nitrogens with zero attached hydrogens (tertiary/aromatic N) is 3. The van der Waals surface area contributed by atoms with Crippen LogP contribution in [0, 0.1) is 11.8 Å². The number of carbonyl (C=O) groups is 1. The van der Waals surface area contributed by atoms with Crippen LogP contribution < -0.4 is 10.1 Å². The van der Waals surface area contributed by atoms with Gasteiger partial charge in [0.05, 0.1) is 25.8 Å². The first kappa shape index (κ1) is 18.9. The third-order valence-electron chi connectivity index (χ3n) is 5.94. The average Bonchev–Trinajstić information content (AvgIpc) is 3.14. The van der Waals surface area contributed by atoms with E-state index in [-0.39, 0.29) is 12.3 Å². The predicted molar refractivity (Wildman–Crippen MR) is 105 cm³/mol. The van der Waals surface area contributed by atoms with Gasteiger partial charge in [-0.2, -0.15) is 4.98 Å². The molecule has 2 aliphatic rings. The number of hydrogen-bond acceptors (Lipinski definition) is 6. The van der Waals surface area contributed by atoms with Gasteiger partial charge >= 0.3 is 0 Å². The topological polar surface area (TPSA) is 80.5 Å². The van der Waals surface area contributed by atoms with Gasteiger partial charge in [0.25, 0.3) is 0 Å². The molecular formula is C21H28N4O3. The second kappa shape index (κ2) is 8.73. The van der Waals surface area contributed by atoms with Crippen LogP contribution in [-0.4, -0.2) is 41.1 Å². The zero-order valence-electron chi connectivity index (χ0n) is 16.4. The van der Waals surface area contributed by atoms with E-state index in [1.807, 2.05) is 12.1 Å². The predicted octanol–water partition coefficient (Wildman–Crippen LogP) is 3.27. The molecule has 7 nitrogen and oxygen atoms in total. The number of aromatic nitrogens is 2. The molecule has 1 N–H and O–H groups in total. The molecule has 28 heavy (non-hydrogen) atoms. The van der Waals surface area contributed by atoms with Gasteiger partial charge < -0.3 is 14.6 Å². The van der Waals surface area contributed by atoms with E-state index in [1.54, 1.807) is 19.2 Å². The van der Waals surface area contributed by atoms with Gasteiger partial charge in [-0.3, -0.25) is 9.69 Å². The van der Waals surface area contributed by atoms with Crippen molar-refractivity contribution in [2.75, 3.05) is 25.5 Å². The second-order valence-electron chi connectivity index (χ2n) is 7.86. The smallest absolute Gasteiger partial charge is 0.240 e. The van der Waals surface area contributed by atoms with Gasteiger partial charge in [-0.1, -0.05) is 36.6 Å². The van der Waals surface area contributed by atoms with Crippen LogP contribution >= 0.6 is 0 Å². The minimum absolute atomic E-state index is 0.0756. The molecule has 1 aliphatic carbocycles. The number of para-hydroxylation sites is 2. The lowest BCUT2D eigenvalue weighted by atomic mass is 9.75. The van der Waals surface area contributed by atoms with Crippen molar-refractivity contribution in [3.63, 3.8) is 0 Å². The fourth-order valence-electron chi connectivity index (χ4n) is 4.52. The van der Waals surface area contributed by atoms with Crippen LogP contribution in [0.2, 0.25) is 0 Å². The summed E-state index contributed by atoms with van der Waals surface area (Å²) in [7, 11) is 1.58. The molecule has 150 valence electrons. The highest BCUT2D eigenvalue weighted by Gasteiger charge is 2.31. The molecule has 2 fully saturated rings. The molecule has 1 aromatic heterocycles. The third kappa shape index (κ3) is 4.52. The molecule has 1 aromatic carbocycles. The van der Waals surface area contributed by atoms with E-state index in [2.05, 4.69) is 20.4 Å². The van der Waals surface area contributed by atoms with Crippen LogP contribution in [0.25, 0.3) is 0 Å². The molecular weight excluding hydrogens is 356 g/mol. The Morgan fingerprint density at radius 2 is 2.07 bits per heavy atom. The number of hydrogen-bond donors (Lipinski definition) is 1. The minimum atomic E-state index is -0.195. The standard InChI is InChI=1S/C21H28N4O3/c1-27-18-9-5-4-8-17(18)22-20(26)12-19-23-21(28-24-19)14-25-11-10-15-6-2-3-7-16(15)13-25/h4-5,8-9,15-16H,2-3,6-7,10-14H2,1H3,(H,22,26)/t15-,16-/m1/s1. The average molecular weight is 384 g/mol. The first-order valence-electron chi connectivity index (χ1n) is 10.2. The summed E-state index contributed by atoms with van der Waals surface area (Å²) in [5.41, 5.74) is 0.633. The molecule has 1 amide bonds. The molecule has 0 unspecified atom stereocenters. The van der Waals surface area contributed by atoms with Crippen LogP contribution in [0.1, 0.15) is 43.8 Å². The van der Waals surface area contributed by atoms with Crippen LogP contribution in [0.5, 0.6) is 5.75 Å². The maximum Gasteiger partial charge on any atom is 0.240 e. The van der Waals surface area contributed by atoms with Crippen molar-refractivity contribution in [2.45, 2.75) is 45.1 Å². The quantitative estimate of drug-likeness (QED) is 0.823. The minimum Gasteiger partial charge on any atom is -0.495 e. The molecule has 2 heterocycles. The fraction of sp³-hybridized carbons (Fsp3) is 0.571. The van der Waals surface area contributed by atoms with E-state index in [0.29, 0.717) is 29.7 Å². The Bertz CT molecular complexity index is 806. The number of nitrogens with one attached hydrogen (secondary N) is 1. The zero-order chi connectivity index (χ0) is 19.3. The number of ether oxygens (including phenoxy) is 1. The number of amides is 1. The number of methoxy groups -OCH3 is 1. The Labute approximate surface area is 165 Å². The molecule has 7 heteroatoms. The molecule has 0 radical (unpaired) electrons.